The maximum Gasteiger partial charge on any atom is 0.248 e. The van der Waals surface area contributed by atoms with Crippen LogP contribution in [0.3, 0.4) is 0 Å². The Labute approximate surface area is 158 Å². The fraction of sp³-hybridized carbons (Fsp3) is 0. The minimum absolute atomic E-state index is 0.329. The first-order valence-electron chi connectivity index (χ1n) is 7.76. The summed E-state index contributed by atoms with van der Waals surface area (Å²) >= 11 is 7.24. The molecule has 0 aliphatic rings. The first-order chi connectivity index (χ1) is 12.7. The third-order valence-electron chi connectivity index (χ3n) is 3.71. The standard InChI is InChI=1S/C19H12ClN3O2S/c20-14-8-9-15-19(23-26-22-15)18(14)21-17(24)11-7-13-6-10-16(25-13)12-4-2-1-3-5-12/h1-11H,(H,21,24)/b11-7+. The summed E-state index contributed by atoms with van der Waals surface area (Å²) < 4.78 is 14.1. The van der Waals surface area contributed by atoms with Gasteiger partial charge >= 0.3 is 0 Å². The summed E-state index contributed by atoms with van der Waals surface area (Å²) in [5.74, 6) is 0.996. The monoisotopic (exact) mass is 381 g/mol. The molecular weight excluding hydrogens is 370 g/mol. The molecular formula is C19H12ClN3O2S. The number of anilines is 1. The number of amides is 1. The average Bonchev–Trinajstić information content (AvgIpc) is 3.32. The van der Waals surface area contributed by atoms with Crippen molar-refractivity contribution in [1.82, 2.24) is 8.75 Å². The van der Waals surface area contributed by atoms with E-state index in [0.29, 0.717) is 27.5 Å². The van der Waals surface area contributed by atoms with E-state index in [4.69, 9.17) is 16.0 Å². The number of nitrogens with zero attached hydrogens (tertiary/aromatic N) is 2. The lowest BCUT2D eigenvalue weighted by atomic mass is 10.2. The molecule has 0 unspecified atom stereocenters. The van der Waals surface area contributed by atoms with Crippen LogP contribution in [0.2, 0.25) is 5.02 Å². The van der Waals surface area contributed by atoms with Gasteiger partial charge in [-0.2, -0.15) is 8.75 Å². The maximum absolute atomic E-state index is 12.2. The molecule has 0 bridgehead atoms. The molecule has 0 aliphatic heterocycles. The molecule has 0 fully saturated rings. The molecule has 5 nitrogen and oxygen atoms in total. The van der Waals surface area contributed by atoms with Gasteiger partial charge in [-0.05, 0) is 30.3 Å². The Bertz CT molecular complexity index is 1100. The molecule has 0 aliphatic carbocycles. The Morgan fingerprint density at radius 3 is 2.77 bits per heavy atom. The topological polar surface area (TPSA) is 68.0 Å². The van der Waals surface area contributed by atoms with Gasteiger partial charge in [0.05, 0.1) is 22.4 Å². The normalized spacial score (nSPS) is 11.3. The molecule has 7 heteroatoms. The summed E-state index contributed by atoms with van der Waals surface area (Å²) in [4.78, 5) is 12.2. The summed E-state index contributed by atoms with van der Waals surface area (Å²) in [7, 11) is 0. The van der Waals surface area contributed by atoms with Gasteiger partial charge in [0.2, 0.25) is 5.91 Å². The number of benzene rings is 2. The van der Waals surface area contributed by atoms with Crippen molar-refractivity contribution < 1.29 is 9.21 Å². The fourth-order valence-corrected chi connectivity index (χ4v) is 3.21. The van der Waals surface area contributed by atoms with Gasteiger partial charge in [-0.25, -0.2) is 0 Å². The molecule has 2 aromatic carbocycles. The van der Waals surface area contributed by atoms with Crippen LogP contribution in [0.1, 0.15) is 5.76 Å². The zero-order valence-corrected chi connectivity index (χ0v) is 14.9. The minimum atomic E-state index is -0.329. The van der Waals surface area contributed by atoms with Gasteiger partial charge in [-0.1, -0.05) is 41.9 Å². The predicted molar refractivity (Wildman–Crippen MR) is 104 cm³/mol. The minimum Gasteiger partial charge on any atom is -0.457 e. The van der Waals surface area contributed by atoms with E-state index in [1.807, 2.05) is 42.5 Å². The zero-order chi connectivity index (χ0) is 17.9. The van der Waals surface area contributed by atoms with Crippen LogP contribution in [0.15, 0.2) is 65.1 Å². The molecule has 0 radical (unpaired) electrons. The van der Waals surface area contributed by atoms with Crippen LogP contribution in [0.25, 0.3) is 28.4 Å². The molecule has 0 spiro atoms. The van der Waals surface area contributed by atoms with E-state index in [0.717, 1.165) is 23.1 Å². The van der Waals surface area contributed by atoms with E-state index in [9.17, 15) is 4.79 Å². The van der Waals surface area contributed by atoms with Crippen molar-refractivity contribution >= 4 is 52.0 Å². The van der Waals surface area contributed by atoms with Gasteiger partial charge in [-0.3, -0.25) is 4.79 Å². The zero-order valence-electron chi connectivity index (χ0n) is 13.3. The third kappa shape index (κ3) is 3.37. The number of carbonyl (C=O) groups excluding carboxylic acids is 1. The SMILES string of the molecule is O=C(/C=C/c1ccc(-c2ccccc2)o1)Nc1c(Cl)ccc2nsnc12. The fourth-order valence-electron chi connectivity index (χ4n) is 2.47. The predicted octanol–water partition coefficient (Wildman–Crippen LogP) is 5.26. The number of aromatic nitrogens is 2. The maximum atomic E-state index is 12.2. The van der Waals surface area contributed by atoms with E-state index in [2.05, 4.69) is 14.1 Å². The molecule has 4 aromatic rings. The highest BCUT2D eigenvalue weighted by molar-refractivity contribution is 7.00. The molecule has 1 amide bonds. The lowest BCUT2D eigenvalue weighted by Gasteiger charge is -2.04. The van der Waals surface area contributed by atoms with Crippen molar-refractivity contribution in [2.75, 3.05) is 5.32 Å². The van der Waals surface area contributed by atoms with Crippen LogP contribution in [0, 0.1) is 0 Å². The third-order valence-corrected chi connectivity index (χ3v) is 4.57. The van der Waals surface area contributed by atoms with Crippen LogP contribution in [-0.2, 0) is 4.79 Å². The largest absolute Gasteiger partial charge is 0.457 e. The van der Waals surface area contributed by atoms with Gasteiger partial charge in [0.1, 0.15) is 22.6 Å². The number of fused-ring (bicyclic) bond motifs is 1. The van der Waals surface area contributed by atoms with Gasteiger partial charge in [0.25, 0.3) is 0 Å². The molecule has 128 valence electrons. The van der Waals surface area contributed by atoms with Crippen LogP contribution < -0.4 is 5.32 Å². The van der Waals surface area contributed by atoms with E-state index < -0.39 is 0 Å². The number of rotatable bonds is 4. The van der Waals surface area contributed by atoms with Gasteiger partial charge in [0.15, 0.2) is 0 Å². The molecule has 2 aromatic heterocycles. The number of hydrogen-bond donors (Lipinski definition) is 1. The lowest BCUT2D eigenvalue weighted by Crippen LogP contribution is -2.08. The summed E-state index contributed by atoms with van der Waals surface area (Å²) in [6.45, 7) is 0. The number of hydrogen-bond acceptors (Lipinski definition) is 5. The lowest BCUT2D eigenvalue weighted by molar-refractivity contribution is -0.111. The Morgan fingerprint density at radius 1 is 1.08 bits per heavy atom. The quantitative estimate of drug-likeness (QED) is 0.490. The van der Waals surface area contributed by atoms with E-state index in [1.54, 1.807) is 18.2 Å². The Hall–Kier alpha value is -2.96. The highest BCUT2D eigenvalue weighted by Crippen LogP contribution is 2.30. The van der Waals surface area contributed by atoms with E-state index in [-0.39, 0.29) is 5.91 Å². The molecule has 1 N–H and O–H groups in total. The summed E-state index contributed by atoms with van der Waals surface area (Å²) in [6, 6.07) is 16.9. The highest BCUT2D eigenvalue weighted by atomic mass is 35.5. The van der Waals surface area contributed by atoms with E-state index >= 15 is 0 Å². The number of carbonyl (C=O) groups is 1. The smallest absolute Gasteiger partial charge is 0.248 e. The van der Waals surface area contributed by atoms with Crippen molar-refractivity contribution in [1.29, 1.82) is 0 Å². The number of nitrogens with one attached hydrogen (secondary N) is 1. The van der Waals surface area contributed by atoms with Crippen molar-refractivity contribution in [3.63, 3.8) is 0 Å². The van der Waals surface area contributed by atoms with Crippen molar-refractivity contribution in [3.05, 3.63) is 71.5 Å². The van der Waals surface area contributed by atoms with Gasteiger partial charge < -0.3 is 9.73 Å². The van der Waals surface area contributed by atoms with Gasteiger partial charge in [-0.15, -0.1) is 0 Å². The summed E-state index contributed by atoms with van der Waals surface area (Å²) in [5.41, 5.74) is 2.70. The first kappa shape index (κ1) is 16.5. The second kappa shape index (κ2) is 7.11. The first-order valence-corrected chi connectivity index (χ1v) is 8.86. The second-order valence-corrected chi connectivity index (χ2v) is 6.38. The second-order valence-electron chi connectivity index (χ2n) is 5.44. The number of furan rings is 1. The van der Waals surface area contributed by atoms with Crippen LogP contribution in [0.5, 0.6) is 0 Å². The van der Waals surface area contributed by atoms with Crippen LogP contribution >= 0.6 is 23.3 Å². The molecule has 2 heterocycles. The molecule has 0 atom stereocenters. The molecule has 26 heavy (non-hydrogen) atoms. The Kier molecular flexibility index (Phi) is 4.51. The van der Waals surface area contributed by atoms with Crippen molar-refractivity contribution in [2.24, 2.45) is 0 Å². The van der Waals surface area contributed by atoms with E-state index in [1.165, 1.54) is 6.08 Å². The molecule has 0 saturated carbocycles. The van der Waals surface area contributed by atoms with Crippen molar-refractivity contribution in [3.8, 4) is 11.3 Å². The van der Waals surface area contributed by atoms with Crippen LogP contribution in [-0.4, -0.2) is 14.7 Å². The van der Waals surface area contributed by atoms with Gasteiger partial charge in [0, 0.05) is 11.6 Å². The molecule has 4 rings (SSSR count). The summed E-state index contributed by atoms with van der Waals surface area (Å²) in [6.07, 6.45) is 3.00. The average molecular weight is 382 g/mol. The molecule has 0 saturated heterocycles. The van der Waals surface area contributed by atoms with Crippen LogP contribution in [0.4, 0.5) is 5.69 Å². The summed E-state index contributed by atoms with van der Waals surface area (Å²) in [5, 5.41) is 3.17. The Morgan fingerprint density at radius 2 is 1.92 bits per heavy atom. The number of halogens is 1. The van der Waals surface area contributed by atoms with Crippen molar-refractivity contribution in [2.45, 2.75) is 0 Å². The highest BCUT2D eigenvalue weighted by Gasteiger charge is 2.11. The Balaban J connectivity index is 1.51.